The molecule has 0 radical (unpaired) electrons. The van der Waals surface area contributed by atoms with Gasteiger partial charge in [-0.15, -0.1) is 0 Å². The molecule has 3 fully saturated rings. The predicted molar refractivity (Wildman–Crippen MR) is 37.1 cm³/mol. The van der Waals surface area contributed by atoms with Gasteiger partial charge in [0.25, 0.3) is 0 Å². The SMILES string of the molecule is C1CC1=C1CC2CCC12. The molecule has 0 N–H and O–H groups in total. The van der Waals surface area contributed by atoms with Crippen LogP contribution in [-0.2, 0) is 0 Å². The third-order valence-electron chi connectivity index (χ3n) is 3.30. The highest BCUT2D eigenvalue weighted by molar-refractivity contribution is 5.35. The number of hydrogen-bond donors (Lipinski definition) is 0. The normalized spacial score (nSPS) is 45.3. The molecule has 3 saturated carbocycles. The lowest BCUT2D eigenvalue weighted by molar-refractivity contribution is 0.131. The molecule has 3 aliphatic carbocycles. The minimum absolute atomic E-state index is 1.11. The van der Waals surface area contributed by atoms with E-state index in [-0.39, 0.29) is 0 Å². The van der Waals surface area contributed by atoms with E-state index in [2.05, 4.69) is 0 Å². The lowest BCUT2D eigenvalue weighted by Gasteiger charge is -2.49. The van der Waals surface area contributed by atoms with E-state index >= 15 is 0 Å². The van der Waals surface area contributed by atoms with Gasteiger partial charge in [-0.25, -0.2) is 0 Å². The first-order valence-electron chi connectivity index (χ1n) is 4.16. The van der Waals surface area contributed by atoms with Crippen LogP contribution in [0.2, 0.25) is 0 Å². The molecule has 0 aromatic rings. The van der Waals surface area contributed by atoms with E-state index in [1.165, 1.54) is 25.7 Å². The second kappa shape index (κ2) is 1.25. The predicted octanol–water partition coefficient (Wildman–Crippen LogP) is 2.51. The van der Waals surface area contributed by atoms with E-state index in [0.29, 0.717) is 0 Å². The Balaban J connectivity index is 1.90. The van der Waals surface area contributed by atoms with Gasteiger partial charge in [0.05, 0.1) is 0 Å². The van der Waals surface area contributed by atoms with E-state index in [1.54, 1.807) is 6.42 Å². The summed E-state index contributed by atoms with van der Waals surface area (Å²) in [6, 6.07) is 0. The van der Waals surface area contributed by atoms with Crippen molar-refractivity contribution >= 4 is 0 Å². The maximum atomic E-state index is 1.89. The Morgan fingerprint density at radius 1 is 1.11 bits per heavy atom. The Morgan fingerprint density at radius 3 is 2.33 bits per heavy atom. The zero-order valence-corrected chi connectivity index (χ0v) is 5.69. The molecular weight excluding hydrogens is 108 g/mol. The van der Waals surface area contributed by atoms with E-state index in [4.69, 9.17) is 0 Å². The van der Waals surface area contributed by atoms with E-state index in [0.717, 1.165) is 11.8 Å². The van der Waals surface area contributed by atoms with Crippen molar-refractivity contribution in [1.82, 2.24) is 0 Å². The van der Waals surface area contributed by atoms with E-state index in [1.807, 2.05) is 11.1 Å². The van der Waals surface area contributed by atoms with Gasteiger partial charge in [0.15, 0.2) is 0 Å². The standard InChI is InChI=1S/C9H12/c1-2-6(1)9-5-7-3-4-8(7)9/h7-8H,1-5H2. The summed E-state index contributed by atoms with van der Waals surface area (Å²) in [4.78, 5) is 0. The molecule has 9 heavy (non-hydrogen) atoms. The van der Waals surface area contributed by atoms with E-state index in [9.17, 15) is 0 Å². The summed E-state index contributed by atoms with van der Waals surface area (Å²) in [5, 5.41) is 0. The van der Waals surface area contributed by atoms with Gasteiger partial charge >= 0.3 is 0 Å². The fraction of sp³-hybridized carbons (Fsp3) is 0.778. The first kappa shape index (κ1) is 4.54. The summed E-state index contributed by atoms with van der Waals surface area (Å²) in [5.41, 5.74) is 3.74. The fourth-order valence-electron chi connectivity index (χ4n) is 2.34. The molecule has 48 valence electrons. The molecule has 0 heterocycles. The van der Waals surface area contributed by atoms with Crippen LogP contribution in [0.1, 0.15) is 32.1 Å². The molecule has 0 bridgehead atoms. The Hall–Kier alpha value is -0.260. The Labute approximate surface area is 56.0 Å². The molecule has 3 aliphatic rings. The summed E-state index contributed by atoms with van der Waals surface area (Å²) >= 11 is 0. The van der Waals surface area contributed by atoms with Crippen LogP contribution in [-0.4, -0.2) is 0 Å². The highest BCUT2D eigenvalue weighted by Crippen LogP contribution is 2.57. The van der Waals surface area contributed by atoms with Crippen LogP contribution in [0.25, 0.3) is 0 Å². The lowest BCUT2D eigenvalue weighted by Crippen LogP contribution is -2.37. The first-order valence-corrected chi connectivity index (χ1v) is 4.16. The number of fused-ring (bicyclic) bond motifs is 1. The van der Waals surface area contributed by atoms with Crippen LogP contribution in [0, 0.1) is 11.8 Å². The molecule has 0 saturated heterocycles. The molecule has 2 unspecified atom stereocenters. The van der Waals surface area contributed by atoms with Crippen molar-refractivity contribution < 1.29 is 0 Å². The van der Waals surface area contributed by atoms with Crippen LogP contribution >= 0.6 is 0 Å². The number of allylic oxidation sites excluding steroid dienone is 2. The molecule has 0 aromatic carbocycles. The molecule has 0 heteroatoms. The summed E-state index contributed by atoms with van der Waals surface area (Å²) < 4.78 is 0. The number of hydrogen-bond acceptors (Lipinski definition) is 0. The zero-order chi connectivity index (χ0) is 5.84. The van der Waals surface area contributed by atoms with Crippen molar-refractivity contribution in [2.75, 3.05) is 0 Å². The molecule has 3 rings (SSSR count). The second-order valence-electron chi connectivity index (χ2n) is 3.78. The zero-order valence-electron chi connectivity index (χ0n) is 5.69. The van der Waals surface area contributed by atoms with Gasteiger partial charge in [0.2, 0.25) is 0 Å². The molecule has 0 aliphatic heterocycles. The van der Waals surface area contributed by atoms with Crippen molar-refractivity contribution in [3.05, 3.63) is 11.1 Å². The maximum absolute atomic E-state index is 1.89. The second-order valence-corrected chi connectivity index (χ2v) is 3.78. The molecule has 2 atom stereocenters. The number of rotatable bonds is 0. The van der Waals surface area contributed by atoms with Gasteiger partial charge in [-0.3, -0.25) is 0 Å². The van der Waals surface area contributed by atoms with Crippen LogP contribution < -0.4 is 0 Å². The van der Waals surface area contributed by atoms with Crippen molar-refractivity contribution in [2.45, 2.75) is 32.1 Å². The summed E-state index contributed by atoms with van der Waals surface area (Å²) in [6.45, 7) is 0. The fourth-order valence-corrected chi connectivity index (χ4v) is 2.34. The Kier molecular flexibility index (Phi) is 0.633. The van der Waals surface area contributed by atoms with Crippen LogP contribution in [0.3, 0.4) is 0 Å². The largest absolute Gasteiger partial charge is 0.0701 e. The average Bonchev–Trinajstić information content (AvgIpc) is 2.57. The van der Waals surface area contributed by atoms with Gasteiger partial charge in [-0.2, -0.15) is 0 Å². The topological polar surface area (TPSA) is 0 Å². The minimum Gasteiger partial charge on any atom is -0.0701 e. The van der Waals surface area contributed by atoms with Gasteiger partial charge in [-0.1, -0.05) is 11.1 Å². The van der Waals surface area contributed by atoms with E-state index < -0.39 is 0 Å². The van der Waals surface area contributed by atoms with Crippen molar-refractivity contribution in [2.24, 2.45) is 11.8 Å². The average molecular weight is 120 g/mol. The highest BCUT2D eigenvalue weighted by atomic mass is 14.5. The van der Waals surface area contributed by atoms with Crippen molar-refractivity contribution in [3.63, 3.8) is 0 Å². The monoisotopic (exact) mass is 120 g/mol. The quantitative estimate of drug-likeness (QED) is 0.431. The minimum atomic E-state index is 1.11. The molecule has 0 amide bonds. The molecule has 0 nitrogen and oxygen atoms in total. The summed E-state index contributed by atoms with van der Waals surface area (Å²) in [6.07, 6.45) is 7.49. The van der Waals surface area contributed by atoms with Gasteiger partial charge in [-0.05, 0) is 43.9 Å². The smallest absolute Gasteiger partial charge is 0.0169 e. The molecular formula is C9H12. The highest BCUT2D eigenvalue weighted by Gasteiger charge is 2.45. The van der Waals surface area contributed by atoms with Gasteiger partial charge in [0, 0.05) is 0 Å². The van der Waals surface area contributed by atoms with Crippen molar-refractivity contribution in [1.29, 1.82) is 0 Å². The third kappa shape index (κ3) is 0.452. The van der Waals surface area contributed by atoms with Crippen molar-refractivity contribution in [3.8, 4) is 0 Å². The lowest BCUT2D eigenvalue weighted by atomic mass is 9.56. The summed E-state index contributed by atoms with van der Waals surface area (Å²) in [5.74, 6) is 2.27. The maximum Gasteiger partial charge on any atom is -0.0169 e. The van der Waals surface area contributed by atoms with Gasteiger partial charge < -0.3 is 0 Å². The Bertz CT molecular complexity index is 182. The molecule has 0 spiro atoms. The van der Waals surface area contributed by atoms with Gasteiger partial charge in [0.1, 0.15) is 0 Å². The van der Waals surface area contributed by atoms with Crippen LogP contribution in [0.4, 0.5) is 0 Å². The third-order valence-corrected chi connectivity index (χ3v) is 3.30. The Morgan fingerprint density at radius 2 is 2.00 bits per heavy atom. The first-order chi connectivity index (χ1) is 4.45. The summed E-state index contributed by atoms with van der Waals surface area (Å²) in [7, 11) is 0. The van der Waals surface area contributed by atoms with Crippen LogP contribution in [0.5, 0.6) is 0 Å². The van der Waals surface area contributed by atoms with Crippen LogP contribution in [0.15, 0.2) is 11.1 Å². The molecule has 0 aromatic heterocycles.